The van der Waals surface area contributed by atoms with Gasteiger partial charge in [0.1, 0.15) is 0 Å². The Morgan fingerprint density at radius 1 is 1.00 bits per heavy atom. The van der Waals surface area contributed by atoms with Gasteiger partial charge in [-0.15, -0.1) is 0 Å². The fraction of sp³-hybridized carbons (Fsp3) is 1.00. The first kappa shape index (κ1) is 9.47. The second kappa shape index (κ2) is 4.97. The summed E-state index contributed by atoms with van der Waals surface area (Å²) in [6.07, 6.45) is 8.26. The van der Waals surface area contributed by atoms with Gasteiger partial charge in [-0.3, -0.25) is 0 Å². The van der Waals surface area contributed by atoms with Crippen molar-refractivity contribution in [1.82, 2.24) is 5.32 Å². The highest BCUT2D eigenvalue weighted by Crippen LogP contribution is 2.24. The number of hydrogen-bond acceptors (Lipinski definition) is 2. The van der Waals surface area contributed by atoms with Gasteiger partial charge in [0.05, 0.1) is 0 Å². The number of ether oxygens (including phenoxy) is 1. The van der Waals surface area contributed by atoms with E-state index in [1.165, 1.54) is 45.1 Å². The first-order valence-electron chi connectivity index (χ1n) is 5.76. The summed E-state index contributed by atoms with van der Waals surface area (Å²) in [5, 5.41) is 3.68. The Balaban J connectivity index is 1.60. The quantitative estimate of drug-likeness (QED) is 0.722. The van der Waals surface area contributed by atoms with Gasteiger partial charge in [0, 0.05) is 19.3 Å². The first-order valence-corrected chi connectivity index (χ1v) is 5.76. The van der Waals surface area contributed by atoms with Gasteiger partial charge in [0.15, 0.2) is 0 Å². The lowest BCUT2D eigenvalue weighted by molar-refractivity contribution is 0.0770. The average molecular weight is 183 g/mol. The van der Waals surface area contributed by atoms with Crippen LogP contribution in [0.5, 0.6) is 0 Å². The van der Waals surface area contributed by atoms with Crippen LogP contribution in [0, 0.1) is 5.92 Å². The molecule has 2 fully saturated rings. The molecule has 0 atom stereocenters. The average Bonchev–Trinajstić information content (AvgIpc) is 2.69. The molecule has 1 N–H and O–H groups in total. The van der Waals surface area contributed by atoms with Gasteiger partial charge in [-0.1, -0.05) is 12.8 Å². The Labute approximate surface area is 81.0 Å². The van der Waals surface area contributed by atoms with Crippen LogP contribution in [0.1, 0.15) is 38.5 Å². The van der Waals surface area contributed by atoms with E-state index in [4.69, 9.17) is 4.74 Å². The largest absolute Gasteiger partial charge is 0.381 e. The van der Waals surface area contributed by atoms with Crippen LogP contribution >= 0.6 is 0 Å². The normalized spacial score (nSPS) is 26.8. The Morgan fingerprint density at radius 2 is 1.69 bits per heavy atom. The third-order valence-electron chi connectivity index (χ3n) is 3.39. The summed E-state index contributed by atoms with van der Waals surface area (Å²) >= 11 is 0. The molecule has 13 heavy (non-hydrogen) atoms. The van der Waals surface area contributed by atoms with Crippen molar-refractivity contribution < 1.29 is 4.74 Å². The second-order valence-electron chi connectivity index (χ2n) is 4.45. The fourth-order valence-electron chi connectivity index (χ4n) is 2.45. The predicted molar refractivity (Wildman–Crippen MR) is 53.8 cm³/mol. The monoisotopic (exact) mass is 183 g/mol. The van der Waals surface area contributed by atoms with E-state index in [0.717, 1.165) is 25.2 Å². The highest BCUT2D eigenvalue weighted by molar-refractivity contribution is 4.75. The molecule has 1 aliphatic carbocycles. The van der Waals surface area contributed by atoms with E-state index in [-0.39, 0.29) is 0 Å². The number of hydrogen-bond donors (Lipinski definition) is 1. The van der Waals surface area contributed by atoms with Crippen LogP contribution in [0.25, 0.3) is 0 Å². The van der Waals surface area contributed by atoms with E-state index in [1.807, 2.05) is 0 Å². The standard InChI is InChI=1S/C11H21NO/c1-2-4-10(3-1)9-12-11-5-7-13-8-6-11/h10-12H,1-9H2. The van der Waals surface area contributed by atoms with Crippen LogP contribution in [0.3, 0.4) is 0 Å². The lowest BCUT2D eigenvalue weighted by atomic mass is 10.1. The molecule has 0 spiro atoms. The summed E-state index contributed by atoms with van der Waals surface area (Å²) in [6, 6.07) is 0.745. The van der Waals surface area contributed by atoms with Crippen molar-refractivity contribution >= 4 is 0 Å². The first-order chi connectivity index (χ1) is 6.45. The summed E-state index contributed by atoms with van der Waals surface area (Å²) in [5.41, 5.74) is 0. The van der Waals surface area contributed by atoms with E-state index in [9.17, 15) is 0 Å². The van der Waals surface area contributed by atoms with Crippen molar-refractivity contribution in [2.24, 2.45) is 5.92 Å². The van der Waals surface area contributed by atoms with E-state index in [1.54, 1.807) is 0 Å². The molecular weight excluding hydrogens is 162 g/mol. The molecule has 1 saturated carbocycles. The zero-order valence-electron chi connectivity index (χ0n) is 8.43. The minimum atomic E-state index is 0.745. The molecule has 1 heterocycles. The molecule has 2 nitrogen and oxygen atoms in total. The number of rotatable bonds is 3. The van der Waals surface area contributed by atoms with Crippen molar-refractivity contribution in [3.63, 3.8) is 0 Å². The van der Waals surface area contributed by atoms with Crippen LogP contribution in [0.15, 0.2) is 0 Å². The van der Waals surface area contributed by atoms with Gasteiger partial charge in [0.25, 0.3) is 0 Å². The van der Waals surface area contributed by atoms with Crippen molar-refractivity contribution in [2.45, 2.75) is 44.6 Å². The van der Waals surface area contributed by atoms with E-state index in [2.05, 4.69) is 5.32 Å². The van der Waals surface area contributed by atoms with Crippen LogP contribution in [-0.4, -0.2) is 25.8 Å². The highest BCUT2D eigenvalue weighted by atomic mass is 16.5. The summed E-state index contributed by atoms with van der Waals surface area (Å²) in [6.45, 7) is 3.18. The van der Waals surface area contributed by atoms with Crippen molar-refractivity contribution in [3.05, 3.63) is 0 Å². The third-order valence-corrected chi connectivity index (χ3v) is 3.39. The Morgan fingerprint density at radius 3 is 2.38 bits per heavy atom. The summed E-state index contributed by atoms with van der Waals surface area (Å²) in [4.78, 5) is 0. The van der Waals surface area contributed by atoms with E-state index in [0.29, 0.717) is 0 Å². The molecule has 1 aliphatic heterocycles. The summed E-state index contributed by atoms with van der Waals surface area (Å²) in [5.74, 6) is 0.975. The van der Waals surface area contributed by atoms with Gasteiger partial charge < -0.3 is 10.1 Å². The molecule has 1 saturated heterocycles. The van der Waals surface area contributed by atoms with Crippen molar-refractivity contribution in [2.75, 3.05) is 19.8 Å². The molecule has 0 unspecified atom stereocenters. The molecule has 76 valence electrons. The maximum Gasteiger partial charge on any atom is 0.0480 e. The highest BCUT2D eigenvalue weighted by Gasteiger charge is 2.18. The van der Waals surface area contributed by atoms with E-state index < -0.39 is 0 Å². The topological polar surface area (TPSA) is 21.3 Å². The zero-order chi connectivity index (χ0) is 8.93. The lowest BCUT2D eigenvalue weighted by Gasteiger charge is -2.24. The summed E-state index contributed by atoms with van der Waals surface area (Å²) in [7, 11) is 0. The van der Waals surface area contributed by atoms with Gasteiger partial charge in [-0.05, 0) is 38.1 Å². The van der Waals surface area contributed by atoms with Crippen LogP contribution in [0.2, 0.25) is 0 Å². The summed E-state index contributed by atoms with van der Waals surface area (Å²) < 4.78 is 5.33. The molecule has 2 heteroatoms. The molecule has 0 aromatic rings. The van der Waals surface area contributed by atoms with Gasteiger partial charge in [0.2, 0.25) is 0 Å². The lowest BCUT2D eigenvalue weighted by Crippen LogP contribution is -2.37. The SMILES string of the molecule is C1CCC(CNC2CCOCC2)C1. The van der Waals surface area contributed by atoms with Crippen LogP contribution in [-0.2, 0) is 4.74 Å². The second-order valence-corrected chi connectivity index (χ2v) is 4.45. The number of nitrogens with one attached hydrogen (secondary N) is 1. The predicted octanol–water partition coefficient (Wildman–Crippen LogP) is 1.95. The smallest absolute Gasteiger partial charge is 0.0480 e. The molecule has 0 aromatic heterocycles. The van der Waals surface area contributed by atoms with Crippen molar-refractivity contribution in [1.29, 1.82) is 0 Å². The minimum absolute atomic E-state index is 0.745. The van der Waals surface area contributed by atoms with Gasteiger partial charge >= 0.3 is 0 Å². The fourth-order valence-corrected chi connectivity index (χ4v) is 2.45. The molecule has 0 amide bonds. The van der Waals surface area contributed by atoms with Crippen LogP contribution in [0.4, 0.5) is 0 Å². The van der Waals surface area contributed by atoms with Gasteiger partial charge in [-0.25, -0.2) is 0 Å². The third kappa shape index (κ3) is 2.96. The molecule has 2 aliphatic rings. The van der Waals surface area contributed by atoms with E-state index >= 15 is 0 Å². The zero-order valence-corrected chi connectivity index (χ0v) is 8.43. The molecule has 2 rings (SSSR count). The Hall–Kier alpha value is -0.0800. The molecular formula is C11H21NO. The maximum absolute atomic E-state index is 5.33. The maximum atomic E-state index is 5.33. The molecule has 0 radical (unpaired) electrons. The van der Waals surface area contributed by atoms with Crippen LogP contribution < -0.4 is 5.32 Å². The molecule has 0 bridgehead atoms. The minimum Gasteiger partial charge on any atom is -0.381 e. The van der Waals surface area contributed by atoms with Crippen molar-refractivity contribution in [3.8, 4) is 0 Å². The Bertz CT molecular complexity index is 137. The van der Waals surface area contributed by atoms with Gasteiger partial charge in [-0.2, -0.15) is 0 Å². The molecule has 0 aromatic carbocycles. The Kier molecular flexibility index (Phi) is 3.62.